The number of rotatable bonds is 3. The number of hydrogen-bond donors (Lipinski definition) is 1. The molecule has 0 saturated heterocycles. The van der Waals surface area contributed by atoms with Gasteiger partial charge in [-0.2, -0.15) is 0 Å². The van der Waals surface area contributed by atoms with Crippen molar-refractivity contribution < 1.29 is 13.2 Å². The average Bonchev–Trinajstić information content (AvgIpc) is 2.57. The first kappa shape index (κ1) is 13.5. The van der Waals surface area contributed by atoms with Gasteiger partial charge in [0.1, 0.15) is 0 Å². The Morgan fingerprint density at radius 3 is 2.33 bits per heavy atom. The van der Waals surface area contributed by atoms with Gasteiger partial charge >= 0.3 is 0 Å². The highest BCUT2D eigenvalue weighted by molar-refractivity contribution is 8.18. The fourth-order valence-corrected chi connectivity index (χ4v) is 3.24. The number of carbonyl (C=O) groups is 1. The lowest BCUT2D eigenvalue weighted by atomic mass is 10.0. The number of thioether (sulfide) groups is 1. The molecule has 1 aromatic rings. The van der Waals surface area contributed by atoms with Crippen LogP contribution < -0.4 is 4.72 Å². The molecule has 1 aliphatic rings. The van der Waals surface area contributed by atoms with E-state index in [1.54, 1.807) is 30.3 Å². The molecule has 1 unspecified atom stereocenters. The lowest BCUT2D eigenvalue weighted by Crippen LogP contribution is -2.09. The summed E-state index contributed by atoms with van der Waals surface area (Å²) in [5.41, 5.74) is 1.26. The second-order valence-electron chi connectivity index (χ2n) is 3.87. The van der Waals surface area contributed by atoms with E-state index in [4.69, 9.17) is 11.6 Å². The number of anilines is 1. The highest BCUT2D eigenvalue weighted by Gasteiger charge is 2.26. The molecule has 2 rings (SSSR count). The predicted molar refractivity (Wildman–Crippen MR) is 74.2 cm³/mol. The summed E-state index contributed by atoms with van der Waals surface area (Å²) in [5.74, 6) is -0.352. The van der Waals surface area contributed by atoms with Crippen molar-refractivity contribution in [3.8, 4) is 0 Å². The van der Waals surface area contributed by atoms with Gasteiger partial charge in [0.2, 0.25) is 15.1 Å². The average molecular weight is 304 g/mol. The van der Waals surface area contributed by atoms with Gasteiger partial charge in [-0.15, -0.1) is 0 Å². The van der Waals surface area contributed by atoms with Crippen LogP contribution >= 0.6 is 23.4 Å². The molecule has 0 saturated carbocycles. The number of halogens is 1. The Hall–Kier alpha value is -0.980. The lowest BCUT2D eigenvalue weighted by molar-refractivity contribution is -0.111. The van der Waals surface area contributed by atoms with Crippen LogP contribution in [0.4, 0.5) is 5.69 Å². The molecule has 7 heteroatoms. The first-order valence-corrected chi connectivity index (χ1v) is 8.10. The van der Waals surface area contributed by atoms with Crippen LogP contribution in [0.2, 0.25) is 0 Å². The second-order valence-corrected chi connectivity index (χ2v) is 7.29. The first-order valence-electron chi connectivity index (χ1n) is 5.02. The summed E-state index contributed by atoms with van der Waals surface area (Å²) in [6, 6.07) is 6.66. The summed E-state index contributed by atoms with van der Waals surface area (Å²) >= 11 is 6.80. The zero-order chi connectivity index (χ0) is 13.3. The van der Waals surface area contributed by atoms with E-state index < -0.39 is 10.0 Å². The SMILES string of the molecule is CS(=O)(=O)Nc1ccc(C2C=C(Cl)SC2=O)cc1. The number of carbonyl (C=O) groups excluding carboxylic acids is 1. The van der Waals surface area contributed by atoms with Crippen molar-refractivity contribution >= 4 is 44.2 Å². The van der Waals surface area contributed by atoms with E-state index in [0.29, 0.717) is 10.1 Å². The van der Waals surface area contributed by atoms with Crippen LogP contribution in [-0.2, 0) is 14.8 Å². The van der Waals surface area contributed by atoms with Crippen molar-refractivity contribution in [2.45, 2.75) is 5.92 Å². The molecule has 1 aromatic carbocycles. The third-order valence-electron chi connectivity index (χ3n) is 2.32. The summed E-state index contributed by atoms with van der Waals surface area (Å²) in [4.78, 5) is 11.6. The molecule has 0 aliphatic carbocycles. The molecule has 1 atom stereocenters. The van der Waals surface area contributed by atoms with E-state index in [1.165, 1.54) is 0 Å². The van der Waals surface area contributed by atoms with Gasteiger partial charge < -0.3 is 0 Å². The highest BCUT2D eigenvalue weighted by atomic mass is 35.5. The Kier molecular flexibility index (Phi) is 3.70. The van der Waals surface area contributed by atoms with Gasteiger partial charge in [-0.25, -0.2) is 8.42 Å². The summed E-state index contributed by atoms with van der Waals surface area (Å²) in [6.07, 6.45) is 2.77. The summed E-state index contributed by atoms with van der Waals surface area (Å²) in [7, 11) is -3.28. The molecular formula is C11H10ClNO3S2. The van der Waals surface area contributed by atoms with Gasteiger partial charge in [0, 0.05) is 5.69 Å². The fraction of sp³-hybridized carbons (Fsp3) is 0.182. The van der Waals surface area contributed by atoms with Gasteiger partial charge in [-0.1, -0.05) is 23.7 Å². The predicted octanol–water partition coefficient (Wildman–Crippen LogP) is 2.50. The van der Waals surface area contributed by atoms with Crippen LogP contribution in [0.5, 0.6) is 0 Å². The summed E-state index contributed by atoms with van der Waals surface area (Å²) < 4.78 is 24.9. The van der Waals surface area contributed by atoms with Gasteiger partial charge in [-0.3, -0.25) is 9.52 Å². The molecule has 4 nitrogen and oxygen atoms in total. The van der Waals surface area contributed by atoms with Crippen molar-refractivity contribution in [3.63, 3.8) is 0 Å². The quantitative estimate of drug-likeness (QED) is 0.932. The van der Waals surface area contributed by atoms with Crippen molar-refractivity contribution in [1.29, 1.82) is 0 Å². The maximum atomic E-state index is 11.6. The van der Waals surface area contributed by atoms with E-state index in [2.05, 4.69) is 4.72 Å². The maximum Gasteiger partial charge on any atom is 0.229 e. The van der Waals surface area contributed by atoms with E-state index in [1.807, 2.05) is 0 Å². The second kappa shape index (κ2) is 4.95. The standard InChI is InChI=1S/C11H10ClNO3S2/c1-18(15,16)13-8-4-2-7(3-5-8)9-6-10(12)17-11(9)14/h2-6,9,13H,1H3. The lowest BCUT2D eigenvalue weighted by Gasteiger charge is -2.08. The van der Waals surface area contributed by atoms with Gasteiger partial charge in [0.15, 0.2) is 0 Å². The van der Waals surface area contributed by atoms with Crippen LogP contribution in [0.15, 0.2) is 34.7 Å². The van der Waals surface area contributed by atoms with Crippen molar-refractivity contribution in [3.05, 3.63) is 40.3 Å². The number of sulfonamides is 1. The molecule has 1 heterocycles. The van der Waals surface area contributed by atoms with Gasteiger partial charge in [0.25, 0.3) is 0 Å². The van der Waals surface area contributed by atoms with Gasteiger partial charge in [0.05, 0.1) is 16.5 Å². The minimum atomic E-state index is -3.28. The molecule has 0 bridgehead atoms. The number of nitrogens with one attached hydrogen (secondary N) is 1. The molecular weight excluding hydrogens is 294 g/mol. The van der Waals surface area contributed by atoms with Crippen molar-refractivity contribution in [1.82, 2.24) is 0 Å². The Bertz CT molecular complexity index is 608. The van der Waals surface area contributed by atoms with E-state index in [9.17, 15) is 13.2 Å². The number of hydrogen-bond acceptors (Lipinski definition) is 4. The summed E-state index contributed by atoms with van der Waals surface area (Å²) in [5, 5.41) is -0.0242. The van der Waals surface area contributed by atoms with Crippen LogP contribution in [0.25, 0.3) is 0 Å². The largest absolute Gasteiger partial charge is 0.286 e. The van der Waals surface area contributed by atoms with Crippen LogP contribution in [0.1, 0.15) is 11.5 Å². The molecule has 0 radical (unpaired) electrons. The number of allylic oxidation sites excluding steroid dienone is 1. The molecule has 18 heavy (non-hydrogen) atoms. The molecule has 0 aromatic heterocycles. The van der Waals surface area contributed by atoms with Crippen molar-refractivity contribution in [2.24, 2.45) is 0 Å². The Morgan fingerprint density at radius 1 is 1.28 bits per heavy atom. The van der Waals surface area contributed by atoms with E-state index >= 15 is 0 Å². The molecule has 0 fully saturated rings. The van der Waals surface area contributed by atoms with Crippen LogP contribution in [0.3, 0.4) is 0 Å². The third-order valence-corrected chi connectivity index (χ3v) is 4.07. The zero-order valence-electron chi connectivity index (χ0n) is 9.38. The zero-order valence-corrected chi connectivity index (χ0v) is 11.8. The number of benzene rings is 1. The minimum Gasteiger partial charge on any atom is -0.286 e. The molecule has 96 valence electrons. The Labute approximate surface area is 114 Å². The van der Waals surface area contributed by atoms with E-state index in [-0.39, 0.29) is 11.0 Å². The monoisotopic (exact) mass is 303 g/mol. The normalized spacial score (nSPS) is 19.8. The molecule has 1 aliphatic heterocycles. The molecule has 0 amide bonds. The highest BCUT2D eigenvalue weighted by Crippen LogP contribution is 2.39. The topological polar surface area (TPSA) is 63.2 Å². The minimum absolute atomic E-state index is 0.0242. The third kappa shape index (κ3) is 3.28. The van der Waals surface area contributed by atoms with Crippen LogP contribution in [-0.4, -0.2) is 19.8 Å². The van der Waals surface area contributed by atoms with Crippen LogP contribution in [0, 0.1) is 0 Å². The van der Waals surface area contributed by atoms with Crippen molar-refractivity contribution in [2.75, 3.05) is 11.0 Å². The summed E-state index contributed by atoms with van der Waals surface area (Å²) in [6.45, 7) is 0. The fourth-order valence-electron chi connectivity index (χ4n) is 1.60. The molecule has 1 N–H and O–H groups in total. The Morgan fingerprint density at radius 2 is 1.89 bits per heavy atom. The first-order chi connectivity index (χ1) is 8.35. The van der Waals surface area contributed by atoms with E-state index in [0.717, 1.165) is 23.6 Å². The Balaban J connectivity index is 2.21. The molecule has 0 spiro atoms. The smallest absolute Gasteiger partial charge is 0.229 e. The maximum absolute atomic E-state index is 11.6. The van der Waals surface area contributed by atoms with Gasteiger partial charge in [-0.05, 0) is 35.5 Å².